The third-order valence-electron chi connectivity index (χ3n) is 5.35. The van der Waals surface area contributed by atoms with Crippen LogP contribution in [0.1, 0.15) is 31.9 Å². The van der Waals surface area contributed by atoms with Gasteiger partial charge < -0.3 is 9.47 Å². The van der Waals surface area contributed by atoms with E-state index in [1.807, 2.05) is 26.8 Å². The van der Waals surface area contributed by atoms with Crippen molar-refractivity contribution in [2.24, 2.45) is 0 Å². The Morgan fingerprint density at radius 1 is 0.969 bits per heavy atom. The normalized spacial score (nSPS) is 16.0. The number of nitrogens with one attached hydrogen (secondary N) is 1. The van der Waals surface area contributed by atoms with Crippen molar-refractivity contribution in [3.05, 3.63) is 47.5 Å². The molecule has 1 aliphatic rings. The van der Waals surface area contributed by atoms with E-state index < -0.39 is 20.0 Å². The third kappa shape index (κ3) is 5.09. The van der Waals surface area contributed by atoms with Gasteiger partial charge in [-0.2, -0.15) is 4.31 Å². The number of sulfonamides is 2. The molecule has 2 aromatic rings. The molecule has 0 amide bonds. The van der Waals surface area contributed by atoms with Crippen molar-refractivity contribution in [1.82, 2.24) is 4.31 Å². The van der Waals surface area contributed by atoms with E-state index in [9.17, 15) is 16.8 Å². The quantitative estimate of drug-likeness (QED) is 0.679. The Morgan fingerprint density at radius 3 is 2.22 bits per heavy atom. The first-order chi connectivity index (χ1) is 14.9. The van der Waals surface area contributed by atoms with Gasteiger partial charge in [-0.15, -0.1) is 0 Å². The van der Waals surface area contributed by atoms with Crippen LogP contribution in [-0.2, 0) is 30.2 Å². The summed E-state index contributed by atoms with van der Waals surface area (Å²) in [7, 11) is -6.47. The van der Waals surface area contributed by atoms with Crippen LogP contribution in [0.15, 0.2) is 46.2 Å². The Labute approximate surface area is 190 Å². The highest BCUT2D eigenvalue weighted by Crippen LogP contribution is 2.32. The number of anilines is 1. The molecular weight excluding hydrogens is 452 g/mol. The standard InChI is InChI=1S/C22H30N2O6S2/c1-16-6-7-17(22(2,3)4)14-20(16)31(25,26)23-18-8-9-19(29-5)21(15-18)32(27,28)24-10-12-30-13-11-24/h6-9,14-15,23H,10-13H2,1-5H3. The van der Waals surface area contributed by atoms with E-state index in [1.54, 1.807) is 19.1 Å². The number of aryl methyl sites for hydroxylation is 1. The monoisotopic (exact) mass is 482 g/mol. The number of benzene rings is 2. The number of methoxy groups -OCH3 is 1. The highest BCUT2D eigenvalue weighted by molar-refractivity contribution is 7.92. The fourth-order valence-corrected chi connectivity index (χ4v) is 6.34. The highest BCUT2D eigenvalue weighted by atomic mass is 32.2. The number of morpholine rings is 1. The minimum Gasteiger partial charge on any atom is -0.495 e. The molecule has 176 valence electrons. The number of rotatable bonds is 6. The summed E-state index contributed by atoms with van der Waals surface area (Å²) in [5, 5.41) is 0. The molecule has 0 aromatic heterocycles. The second-order valence-electron chi connectivity index (χ2n) is 8.72. The van der Waals surface area contributed by atoms with Crippen LogP contribution >= 0.6 is 0 Å². The molecule has 0 atom stereocenters. The van der Waals surface area contributed by atoms with Gasteiger partial charge in [0, 0.05) is 13.1 Å². The summed E-state index contributed by atoms with van der Waals surface area (Å²) in [5.74, 6) is 0.144. The first-order valence-corrected chi connectivity index (χ1v) is 13.2. The van der Waals surface area contributed by atoms with Gasteiger partial charge in [0.1, 0.15) is 10.6 Å². The van der Waals surface area contributed by atoms with Crippen LogP contribution in [0.5, 0.6) is 5.75 Å². The summed E-state index contributed by atoms with van der Waals surface area (Å²) in [4.78, 5) is 0.0561. The zero-order valence-electron chi connectivity index (χ0n) is 19.0. The van der Waals surface area contributed by atoms with Crippen LogP contribution in [0.3, 0.4) is 0 Å². The molecule has 10 heteroatoms. The molecule has 0 aliphatic carbocycles. The molecule has 0 spiro atoms. The summed E-state index contributed by atoms with van der Waals surface area (Å²) in [6.07, 6.45) is 0. The van der Waals surface area contributed by atoms with Crippen LogP contribution in [0, 0.1) is 6.92 Å². The van der Waals surface area contributed by atoms with E-state index in [0.717, 1.165) is 5.56 Å². The molecule has 32 heavy (non-hydrogen) atoms. The fraction of sp³-hybridized carbons (Fsp3) is 0.455. The fourth-order valence-electron chi connectivity index (χ4n) is 3.43. The number of hydrogen-bond donors (Lipinski definition) is 1. The first-order valence-electron chi connectivity index (χ1n) is 10.3. The van der Waals surface area contributed by atoms with Gasteiger partial charge in [-0.25, -0.2) is 16.8 Å². The largest absolute Gasteiger partial charge is 0.495 e. The van der Waals surface area contributed by atoms with E-state index in [1.165, 1.54) is 29.6 Å². The number of nitrogens with zero attached hydrogens (tertiary/aromatic N) is 1. The van der Waals surface area contributed by atoms with Crippen LogP contribution in [0.4, 0.5) is 5.69 Å². The molecule has 8 nitrogen and oxygen atoms in total. The van der Waals surface area contributed by atoms with Gasteiger partial charge in [0.15, 0.2) is 0 Å². The molecule has 1 aliphatic heterocycles. The van der Waals surface area contributed by atoms with Crippen molar-refractivity contribution >= 4 is 25.7 Å². The lowest BCUT2D eigenvalue weighted by molar-refractivity contribution is 0.0729. The van der Waals surface area contributed by atoms with Gasteiger partial charge in [0.25, 0.3) is 10.0 Å². The zero-order chi connectivity index (χ0) is 23.7. The van der Waals surface area contributed by atoms with Gasteiger partial charge >= 0.3 is 0 Å². The SMILES string of the molecule is COc1ccc(NS(=O)(=O)c2cc(C(C)(C)C)ccc2C)cc1S(=O)(=O)N1CCOCC1. The first kappa shape index (κ1) is 24.5. The second kappa shape index (κ2) is 9.01. The van der Waals surface area contributed by atoms with E-state index in [0.29, 0.717) is 18.8 Å². The topological polar surface area (TPSA) is 102 Å². The molecular formula is C22H30N2O6S2. The summed E-state index contributed by atoms with van der Waals surface area (Å²) in [6.45, 7) is 8.80. The minimum atomic E-state index is -3.95. The van der Waals surface area contributed by atoms with Gasteiger partial charge in [-0.05, 0) is 47.7 Å². The molecule has 1 N–H and O–H groups in total. The van der Waals surface area contributed by atoms with Crippen LogP contribution < -0.4 is 9.46 Å². The Hall–Kier alpha value is -2.14. The molecule has 3 rings (SSSR count). The van der Waals surface area contributed by atoms with E-state index in [2.05, 4.69) is 4.72 Å². The average molecular weight is 483 g/mol. The van der Waals surface area contributed by atoms with E-state index in [-0.39, 0.29) is 39.7 Å². The van der Waals surface area contributed by atoms with Crippen molar-refractivity contribution in [2.75, 3.05) is 38.1 Å². The Morgan fingerprint density at radius 2 is 1.62 bits per heavy atom. The van der Waals surface area contributed by atoms with Gasteiger partial charge in [-0.3, -0.25) is 4.72 Å². The van der Waals surface area contributed by atoms with Crippen LogP contribution in [0.25, 0.3) is 0 Å². The predicted molar refractivity (Wildman–Crippen MR) is 123 cm³/mol. The summed E-state index contributed by atoms with van der Waals surface area (Å²) in [6, 6.07) is 9.57. The highest BCUT2D eigenvalue weighted by Gasteiger charge is 2.30. The molecule has 0 saturated carbocycles. The van der Waals surface area contributed by atoms with Gasteiger partial charge in [0.2, 0.25) is 10.0 Å². The molecule has 1 heterocycles. The third-order valence-corrected chi connectivity index (χ3v) is 8.79. The zero-order valence-corrected chi connectivity index (χ0v) is 20.6. The Kier molecular flexibility index (Phi) is 6.90. The maximum atomic E-state index is 13.2. The molecule has 0 unspecified atom stereocenters. The van der Waals surface area contributed by atoms with Crippen molar-refractivity contribution in [2.45, 2.75) is 42.9 Å². The van der Waals surface area contributed by atoms with Crippen molar-refractivity contribution < 1.29 is 26.3 Å². The maximum Gasteiger partial charge on any atom is 0.262 e. The van der Waals surface area contributed by atoms with Crippen LogP contribution in [-0.4, -0.2) is 54.6 Å². The Bertz CT molecular complexity index is 1200. The molecule has 0 bridgehead atoms. The van der Waals surface area contributed by atoms with Crippen LogP contribution in [0.2, 0.25) is 0 Å². The maximum absolute atomic E-state index is 13.2. The van der Waals surface area contributed by atoms with Crippen molar-refractivity contribution in [1.29, 1.82) is 0 Å². The van der Waals surface area contributed by atoms with E-state index in [4.69, 9.17) is 9.47 Å². The summed E-state index contributed by atoms with van der Waals surface area (Å²) < 4.78 is 67.1. The van der Waals surface area contributed by atoms with Crippen molar-refractivity contribution in [3.63, 3.8) is 0 Å². The lowest BCUT2D eigenvalue weighted by Gasteiger charge is -2.27. The summed E-state index contributed by atoms with van der Waals surface area (Å²) >= 11 is 0. The summed E-state index contributed by atoms with van der Waals surface area (Å²) in [5.41, 5.74) is 1.39. The van der Waals surface area contributed by atoms with Gasteiger partial charge in [-0.1, -0.05) is 32.9 Å². The average Bonchev–Trinajstić information content (AvgIpc) is 2.73. The predicted octanol–water partition coefficient (Wildman–Crippen LogP) is 3.12. The molecule has 1 fully saturated rings. The minimum absolute atomic E-state index is 0.0951. The lowest BCUT2D eigenvalue weighted by atomic mass is 9.87. The lowest BCUT2D eigenvalue weighted by Crippen LogP contribution is -2.40. The van der Waals surface area contributed by atoms with Crippen molar-refractivity contribution in [3.8, 4) is 5.75 Å². The molecule has 1 saturated heterocycles. The van der Waals surface area contributed by atoms with E-state index >= 15 is 0 Å². The Balaban J connectivity index is 2.00. The van der Waals surface area contributed by atoms with Gasteiger partial charge in [0.05, 0.1) is 30.9 Å². The number of ether oxygens (including phenoxy) is 2. The molecule has 2 aromatic carbocycles. The smallest absolute Gasteiger partial charge is 0.262 e. The molecule has 0 radical (unpaired) electrons. The second-order valence-corrected chi connectivity index (χ2v) is 12.3. The number of hydrogen-bond acceptors (Lipinski definition) is 6.